The first kappa shape index (κ1) is 15.3. The predicted molar refractivity (Wildman–Crippen MR) is 63.8 cm³/mol. The maximum Gasteiger partial charge on any atom is 1.00 e. The fourth-order valence-electron chi connectivity index (χ4n) is 1.02. The van der Waals surface area contributed by atoms with Crippen LogP contribution in [0.25, 0.3) is 5.73 Å². The summed E-state index contributed by atoms with van der Waals surface area (Å²) in [4.78, 5) is 10.2. The Morgan fingerprint density at radius 3 is 1.53 bits per heavy atom. The monoisotopic (exact) mass is 221 g/mol. The molecule has 0 atom stereocenters. The van der Waals surface area contributed by atoms with Gasteiger partial charge in [0, 0.05) is 0 Å². The van der Waals surface area contributed by atoms with Crippen molar-refractivity contribution in [2.75, 3.05) is 0 Å². The SMILES string of the molecule is O=C(O)c1ccccc1.[Li+].[NH-]c1ccccc1. The molecule has 0 fully saturated rings. The van der Waals surface area contributed by atoms with Crippen LogP contribution in [0.15, 0.2) is 60.7 Å². The molecule has 0 aromatic heterocycles. The second kappa shape index (κ2) is 8.46. The predicted octanol–water partition coefficient (Wildman–Crippen LogP) is 0.759. The molecule has 4 heteroatoms. The molecule has 3 nitrogen and oxygen atoms in total. The molecule has 0 radical (unpaired) electrons. The van der Waals surface area contributed by atoms with E-state index in [1.807, 2.05) is 18.2 Å². The number of nitrogens with one attached hydrogen (secondary N) is 1. The summed E-state index contributed by atoms with van der Waals surface area (Å²) in [6.45, 7) is 0. The second-order valence-electron chi connectivity index (χ2n) is 3.04. The van der Waals surface area contributed by atoms with E-state index >= 15 is 0 Å². The Labute approximate surface area is 112 Å². The van der Waals surface area contributed by atoms with Gasteiger partial charge in [0.05, 0.1) is 5.56 Å². The van der Waals surface area contributed by atoms with Crippen molar-refractivity contribution in [3.63, 3.8) is 0 Å². The van der Waals surface area contributed by atoms with E-state index in [0.29, 0.717) is 11.3 Å². The third-order valence-corrected chi connectivity index (χ3v) is 1.79. The number of carboxylic acid groups (broad SMARTS) is 1. The Bertz CT molecular complexity index is 432. The molecular weight excluding hydrogens is 209 g/mol. The van der Waals surface area contributed by atoms with Gasteiger partial charge in [0.15, 0.2) is 0 Å². The maximum atomic E-state index is 10.2. The van der Waals surface area contributed by atoms with Crippen molar-refractivity contribution in [1.29, 1.82) is 0 Å². The molecule has 0 amide bonds. The summed E-state index contributed by atoms with van der Waals surface area (Å²) < 4.78 is 0. The molecule has 0 aliphatic rings. The topological polar surface area (TPSA) is 61.1 Å². The standard InChI is InChI=1S/C7H6O2.C6H6N.Li/c8-7(9)6-4-2-1-3-5-6;7-6-4-2-1-3-5-6;/h1-5H,(H,8,9);1-5,7H;/q;-1;+1. The third-order valence-electron chi connectivity index (χ3n) is 1.79. The van der Waals surface area contributed by atoms with Crippen LogP contribution in [-0.2, 0) is 0 Å². The van der Waals surface area contributed by atoms with Crippen LogP contribution in [-0.4, -0.2) is 11.1 Å². The quantitative estimate of drug-likeness (QED) is 0.722. The van der Waals surface area contributed by atoms with Gasteiger partial charge in [-0.25, -0.2) is 4.79 Å². The zero-order chi connectivity index (χ0) is 11.8. The molecule has 2 aromatic rings. The number of hydrogen-bond acceptors (Lipinski definition) is 1. The van der Waals surface area contributed by atoms with Crippen LogP contribution in [0, 0.1) is 0 Å². The van der Waals surface area contributed by atoms with Crippen molar-refractivity contribution >= 4 is 11.7 Å². The summed E-state index contributed by atoms with van der Waals surface area (Å²) in [5.74, 6) is -0.879. The van der Waals surface area contributed by atoms with Crippen LogP contribution in [0.1, 0.15) is 10.4 Å². The molecule has 17 heavy (non-hydrogen) atoms. The Morgan fingerprint density at radius 2 is 1.29 bits per heavy atom. The first-order valence-electron chi connectivity index (χ1n) is 4.75. The first-order valence-corrected chi connectivity index (χ1v) is 4.75. The van der Waals surface area contributed by atoms with Crippen LogP contribution in [0.4, 0.5) is 5.69 Å². The van der Waals surface area contributed by atoms with Crippen LogP contribution >= 0.6 is 0 Å². The second-order valence-corrected chi connectivity index (χ2v) is 3.04. The normalized spacial score (nSPS) is 8.24. The van der Waals surface area contributed by atoms with Gasteiger partial charge in [-0.2, -0.15) is 0 Å². The molecule has 0 unspecified atom stereocenters. The molecule has 0 aliphatic carbocycles. The molecule has 2 N–H and O–H groups in total. The fourth-order valence-corrected chi connectivity index (χ4v) is 1.02. The van der Waals surface area contributed by atoms with Crippen molar-refractivity contribution in [3.05, 3.63) is 72.0 Å². The smallest absolute Gasteiger partial charge is 0.699 e. The molecule has 0 heterocycles. The zero-order valence-electron chi connectivity index (χ0n) is 9.63. The van der Waals surface area contributed by atoms with Gasteiger partial charge in [-0.15, -0.1) is 5.69 Å². The van der Waals surface area contributed by atoms with Crippen molar-refractivity contribution in [1.82, 2.24) is 0 Å². The third kappa shape index (κ3) is 6.47. The summed E-state index contributed by atoms with van der Waals surface area (Å²) in [7, 11) is 0. The summed E-state index contributed by atoms with van der Waals surface area (Å²) in [5.41, 5.74) is 7.90. The first-order chi connectivity index (χ1) is 7.70. The van der Waals surface area contributed by atoms with E-state index in [4.69, 9.17) is 10.8 Å². The van der Waals surface area contributed by atoms with E-state index in [0.717, 1.165) is 0 Å². The average Bonchev–Trinajstić information content (AvgIpc) is 2.32. The molecule has 0 aliphatic heterocycles. The Balaban J connectivity index is 0.000000292. The molecule has 0 saturated heterocycles. The van der Waals surface area contributed by atoms with Crippen LogP contribution in [0.2, 0.25) is 0 Å². The number of carbonyl (C=O) groups is 1. The van der Waals surface area contributed by atoms with Gasteiger partial charge in [0.1, 0.15) is 0 Å². The van der Waals surface area contributed by atoms with Crippen molar-refractivity contribution in [2.45, 2.75) is 0 Å². The van der Waals surface area contributed by atoms with E-state index in [2.05, 4.69) is 0 Å². The minimum Gasteiger partial charge on any atom is -0.699 e. The van der Waals surface area contributed by atoms with E-state index in [1.165, 1.54) is 0 Å². The Hall–Kier alpha value is -1.69. The van der Waals surface area contributed by atoms with Crippen molar-refractivity contribution in [2.24, 2.45) is 0 Å². The molecule has 0 bridgehead atoms. The summed E-state index contributed by atoms with van der Waals surface area (Å²) in [6, 6.07) is 17.4. The van der Waals surface area contributed by atoms with E-state index in [-0.39, 0.29) is 18.9 Å². The van der Waals surface area contributed by atoms with Gasteiger partial charge < -0.3 is 10.8 Å². The van der Waals surface area contributed by atoms with Gasteiger partial charge in [-0.3, -0.25) is 0 Å². The van der Waals surface area contributed by atoms with Gasteiger partial charge in [-0.1, -0.05) is 48.5 Å². The number of hydrogen-bond donors (Lipinski definition) is 1. The van der Waals surface area contributed by atoms with Gasteiger partial charge in [0.2, 0.25) is 0 Å². The minimum atomic E-state index is -0.879. The summed E-state index contributed by atoms with van der Waals surface area (Å²) >= 11 is 0. The maximum absolute atomic E-state index is 10.2. The fraction of sp³-hybridized carbons (Fsp3) is 0. The van der Waals surface area contributed by atoms with E-state index in [9.17, 15) is 4.79 Å². The Kier molecular flexibility index (Phi) is 7.62. The zero-order valence-corrected chi connectivity index (χ0v) is 9.63. The number of aromatic carboxylic acids is 1. The molecule has 2 rings (SSSR count). The molecular formula is C13H12LiNO2. The van der Waals surface area contributed by atoms with Gasteiger partial charge in [0.25, 0.3) is 0 Å². The van der Waals surface area contributed by atoms with Crippen LogP contribution < -0.4 is 18.9 Å². The van der Waals surface area contributed by atoms with Crippen LogP contribution in [0.3, 0.4) is 0 Å². The van der Waals surface area contributed by atoms with Crippen molar-refractivity contribution < 1.29 is 28.8 Å². The minimum absolute atomic E-state index is 0. The summed E-state index contributed by atoms with van der Waals surface area (Å²) in [6.07, 6.45) is 0. The largest absolute Gasteiger partial charge is 1.00 e. The molecule has 0 spiro atoms. The van der Waals surface area contributed by atoms with Gasteiger partial charge >= 0.3 is 24.8 Å². The summed E-state index contributed by atoms with van der Waals surface area (Å²) in [5, 5.41) is 8.38. The van der Waals surface area contributed by atoms with Crippen molar-refractivity contribution in [3.8, 4) is 0 Å². The number of rotatable bonds is 1. The van der Waals surface area contributed by atoms with E-state index in [1.54, 1.807) is 42.5 Å². The molecule has 82 valence electrons. The molecule has 2 aromatic carbocycles. The van der Waals surface area contributed by atoms with Crippen LogP contribution in [0.5, 0.6) is 0 Å². The van der Waals surface area contributed by atoms with Gasteiger partial charge in [-0.05, 0) is 12.1 Å². The molecule has 0 saturated carbocycles. The van der Waals surface area contributed by atoms with E-state index < -0.39 is 5.97 Å². The Morgan fingerprint density at radius 1 is 0.882 bits per heavy atom. The number of benzene rings is 2. The average molecular weight is 221 g/mol. The number of carboxylic acids is 1.